The van der Waals surface area contributed by atoms with E-state index in [-0.39, 0.29) is 17.9 Å². The zero-order valence-electron chi connectivity index (χ0n) is 17.3. The van der Waals surface area contributed by atoms with Gasteiger partial charge in [-0.3, -0.25) is 9.59 Å². The molecule has 1 fully saturated rings. The van der Waals surface area contributed by atoms with Crippen LogP contribution in [0.15, 0.2) is 36.7 Å². The van der Waals surface area contributed by atoms with Crippen LogP contribution in [0.2, 0.25) is 0 Å². The van der Waals surface area contributed by atoms with Crippen LogP contribution < -0.4 is 5.46 Å². The molecule has 0 bridgehead atoms. The van der Waals surface area contributed by atoms with E-state index in [1.165, 1.54) is 4.52 Å². The van der Waals surface area contributed by atoms with Gasteiger partial charge in [0.05, 0.1) is 19.3 Å². The average Bonchev–Trinajstić information content (AvgIpc) is 3.22. The number of fused-ring (bicyclic) bond motifs is 2. The molecule has 1 atom stereocenters. The topological polar surface area (TPSA) is 80.0 Å². The molecule has 1 unspecified atom stereocenters. The zero-order valence-corrected chi connectivity index (χ0v) is 17.3. The minimum atomic E-state index is -0.143. The SMILES string of the molecule is [B]c1cnc2cc(C(=O)N3CCc4cc(C(=O)N5CCOCC5)ccc4C3C)nn2c1. The summed E-state index contributed by atoms with van der Waals surface area (Å²) in [5, 5.41) is 4.35. The number of hydrogen-bond acceptors (Lipinski definition) is 5. The number of nitrogens with zero attached hydrogens (tertiary/aromatic N) is 5. The number of rotatable bonds is 2. The lowest BCUT2D eigenvalue weighted by Gasteiger charge is -2.35. The molecule has 1 saturated heterocycles. The molecular weight excluding hydrogens is 393 g/mol. The van der Waals surface area contributed by atoms with E-state index in [0.717, 1.165) is 11.1 Å². The smallest absolute Gasteiger partial charge is 0.274 e. The molecule has 0 aliphatic carbocycles. The Morgan fingerprint density at radius 3 is 2.74 bits per heavy atom. The summed E-state index contributed by atoms with van der Waals surface area (Å²) in [5.74, 6) is -0.107. The highest BCUT2D eigenvalue weighted by Crippen LogP contribution is 2.31. The summed E-state index contributed by atoms with van der Waals surface area (Å²) in [6, 6.07) is 7.36. The lowest BCUT2D eigenvalue weighted by molar-refractivity contribution is 0.0302. The van der Waals surface area contributed by atoms with Crippen LogP contribution >= 0.6 is 0 Å². The van der Waals surface area contributed by atoms with Crippen molar-refractivity contribution in [2.75, 3.05) is 32.8 Å². The van der Waals surface area contributed by atoms with Crippen molar-refractivity contribution in [3.63, 3.8) is 0 Å². The molecule has 2 amide bonds. The summed E-state index contributed by atoms with van der Waals surface area (Å²) in [6.07, 6.45) is 3.87. The number of hydrogen-bond donors (Lipinski definition) is 0. The van der Waals surface area contributed by atoms with Gasteiger partial charge in [0.25, 0.3) is 11.8 Å². The lowest BCUT2D eigenvalue weighted by Crippen LogP contribution is -2.41. The highest BCUT2D eigenvalue weighted by Gasteiger charge is 2.30. The first-order chi connectivity index (χ1) is 15.0. The van der Waals surface area contributed by atoms with Crippen molar-refractivity contribution in [1.82, 2.24) is 24.4 Å². The van der Waals surface area contributed by atoms with Crippen LogP contribution in [0.1, 0.15) is 44.9 Å². The predicted molar refractivity (Wildman–Crippen MR) is 115 cm³/mol. The molecule has 4 heterocycles. The van der Waals surface area contributed by atoms with Gasteiger partial charge in [-0.15, -0.1) is 0 Å². The summed E-state index contributed by atoms with van der Waals surface area (Å²) < 4.78 is 6.86. The number of carbonyl (C=O) groups is 2. The van der Waals surface area contributed by atoms with E-state index < -0.39 is 0 Å². The van der Waals surface area contributed by atoms with Gasteiger partial charge < -0.3 is 14.5 Å². The summed E-state index contributed by atoms with van der Waals surface area (Å²) in [6.45, 7) is 4.96. The largest absolute Gasteiger partial charge is 0.378 e. The van der Waals surface area contributed by atoms with Crippen LogP contribution in [-0.2, 0) is 11.2 Å². The Morgan fingerprint density at radius 2 is 1.94 bits per heavy atom. The standard InChI is InChI=1S/C22H22BN5O3/c1-14-18-3-2-16(21(29)26-6-8-31-9-7-26)10-15(18)4-5-27(14)22(30)19-11-20-24-12-17(23)13-28(20)25-19/h2-3,10-14H,4-9H2,1H3. The van der Waals surface area contributed by atoms with E-state index in [9.17, 15) is 9.59 Å². The second-order valence-electron chi connectivity index (χ2n) is 7.96. The summed E-state index contributed by atoms with van der Waals surface area (Å²) in [4.78, 5) is 33.8. The van der Waals surface area contributed by atoms with Crippen molar-refractivity contribution in [3.8, 4) is 0 Å². The molecule has 0 spiro atoms. The van der Waals surface area contributed by atoms with Crippen molar-refractivity contribution in [2.24, 2.45) is 0 Å². The Hall–Kier alpha value is -3.20. The molecule has 2 aromatic heterocycles. The fourth-order valence-electron chi connectivity index (χ4n) is 4.33. The van der Waals surface area contributed by atoms with Gasteiger partial charge in [-0.2, -0.15) is 5.10 Å². The van der Waals surface area contributed by atoms with Crippen molar-refractivity contribution < 1.29 is 14.3 Å². The first kappa shape index (κ1) is 19.7. The molecule has 9 heteroatoms. The number of benzene rings is 1. The van der Waals surface area contributed by atoms with Crippen LogP contribution in [0.3, 0.4) is 0 Å². The van der Waals surface area contributed by atoms with E-state index in [1.54, 1.807) is 18.5 Å². The predicted octanol–water partition coefficient (Wildman–Crippen LogP) is 0.755. The normalized spacial score (nSPS) is 18.8. The van der Waals surface area contributed by atoms with E-state index >= 15 is 0 Å². The number of ether oxygens (including phenoxy) is 1. The Labute approximate surface area is 181 Å². The molecule has 2 aliphatic heterocycles. The number of amides is 2. The van der Waals surface area contributed by atoms with E-state index in [2.05, 4.69) is 10.1 Å². The molecule has 3 aromatic rings. The quantitative estimate of drug-likeness (QED) is 0.578. The maximum atomic E-state index is 13.2. The van der Waals surface area contributed by atoms with Gasteiger partial charge in [0.2, 0.25) is 0 Å². The van der Waals surface area contributed by atoms with Gasteiger partial charge in [0.15, 0.2) is 11.3 Å². The molecule has 156 valence electrons. The minimum Gasteiger partial charge on any atom is -0.378 e. The highest BCUT2D eigenvalue weighted by molar-refractivity contribution is 6.31. The molecule has 2 aliphatic rings. The fraction of sp³-hybridized carbons (Fsp3) is 0.364. The Morgan fingerprint density at radius 1 is 1.13 bits per heavy atom. The minimum absolute atomic E-state index is 0.0359. The second-order valence-corrected chi connectivity index (χ2v) is 7.96. The fourth-order valence-corrected chi connectivity index (χ4v) is 4.33. The summed E-state index contributed by atoms with van der Waals surface area (Å²) >= 11 is 0. The van der Waals surface area contributed by atoms with Crippen LogP contribution in [0.25, 0.3) is 5.65 Å². The van der Waals surface area contributed by atoms with Crippen molar-refractivity contribution >= 4 is 30.8 Å². The molecule has 8 nitrogen and oxygen atoms in total. The van der Waals surface area contributed by atoms with E-state index in [1.807, 2.05) is 34.9 Å². The monoisotopic (exact) mass is 415 g/mol. The first-order valence-electron chi connectivity index (χ1n) is 10.4. The Kier molecular flexibility index (Phi) is 4.98. The molecule has 31 heavy (non-hydrogen) atoms. The van der Waals surface area contributed by atoms with Gasteiger partial charge in [0.1, 0.15) is 7.85 Å². The van der Waals surface area contributed by atoms with E-state index in [4.69, 9.17) is 12.6 Å². The number of carbonyl (C=O) groups excluding carboxylic acids is 2. The van der Waals surface area contributed by atoms with Crippen LogP contribution in [0.4, 0.5) is 0 Å². The maximum absolute atomic E-state index is 13.2. The van der Waals surface area contributed by atoms with Crippen LogP contribution in [-0.4, -0.2) is 76.9 Å². The first-order valence-corrected chi connectivity index (χ1v) is 10.4. The van der Waals surface area contributed by atoms with Crippen LogP contribution in [0.5, 0.6) is 0 Å². The molecule has 0 N–H and O–H groups in total. The lowest BCUT2D eigenvalue weighted by atomic mass is 9.91. The average molecular weight is 415 g/mol. The number of aromatic nitrogens is 3. The van der Waals surface area contributed by atoms with Crippen LogP contribution in [0, 0.1) is 0 Å². The van der Waals surface area contributed by atoms with Gasteiger partial charge >= 0.3 is 0 Å². The molecule has 1 aromatic carbocycles. The second kappa shape index (κ2) is 7.81. The van der Waals surface area contributed by atoms with Crippen molar-refractivity contribution in [1.29, 1.82) is 0 Å². The molecule has 2 radical (unpaired) electrons. The Bertz CT molecular complexity index is 1170. The van der Waals surface area contributed by atoms with Crippen molar-refractivity contribution in [2.45, 2.75) is 19.4 Å². The molecule has 5 rings (SSSR count). The molecule has 0 saturated carbocycles. The zero-order chi connectivity index (χ0) is 21.5. The van der Waals surface area contributed by atoms with Gasteiger partial charge in [-0.05, 0) is 36.6 Å². The number of morpholine rings is 1. The van der Waals surface area contributed by atoms with Gasteiger partial charge in [0, 0.05) is 43.7 Å². The summed E-state index contributed by atoms with van der Waals surface area (Å²) in [7, 11) is 5.76. The third-order valence-corrected chi connectivity index (χ3v) is 6.04. The van der Waals surface area contributed by atoms with Gasteiger partial charge in [-0.25, -0.2) is 9.50 Å². The summed E-state index contributed by atoms with van der Waals surface area (Å²) in [5.41, 5.74) is 4.26. The third-order valence-electron chi connectivity index (χ3n) is 6.04. The van der Waals surface area contributed by atoms with Gasteiger partial charge in [-0.1, -0.05) is 11.5 Å². The van der Waals surface area contributed by atoms with Crippen molar-refractivity contribution in [3.05, 3.63) is 59.0 Å². The maximum Gasteiger partial charge on any atom is 0.274 e. The Balaban J connectivity index is 1.37. The molecular formula is C22H22BN5O3. The third kappa shape index (κ3) is 3.59. The van der Waals surface area contributed by atoms with E-state index in [0.29, 0.717) is 61.6 Å². The highest BCUT2D eigenvalue weighted by atomic mass is 16.5.